The molecule has 0 aromatic carbocycles. The maximum Gasteiger partial charge on any atom is 0.256 e. The maximum absolute atomic E-state index is 12.8. The standard InChI is InChI=1S/C16H24N2O3S/c1-13-3-4-14(22-13)11-17-5-10-21-16(2,12-17)15(19)18-6-8-20-9-7-18/h3-4H,5-12H2,1-2H3/t16-/m0/s1. The summed E-state index contributed by atoms with van der Waals surface area (Å²) >= 11 is 1.82. The number of carbonyl (C=O) groups excluding carboxylic acids is 1. The second-order valence-corrected chi connectivity index (χ2v) is 7.58. The third kappa shape index (κ3) is 3.51. The van der Waals surface area contributed by atoms with Gasteiger partial charge in [0.05, 0.1) is 19.8 Å². The van der Waals surface area contributed by atoms with Crippen molar-refractivity contribution in [2.24, 2.45) is 0 Å². The Morgan fingerprint density at radius 2 is 2.05 bits per heavy atom. The Balaban J connectivity index is 1.64. The summed E-state index contributed by atoms with van der Waals surface area (Å²) in [5.41, 5.74) is -0.734. The average molecular weight is 324 g/mol. The minimum Gasteiger partial charge on any atom is -0.378 e. The summed E-state index contributed by atoms with van der Waals surface area (Å²) in [6, 6.07) is 4.33. The van der Waals surface area contributed by atoms with Crippen LogP contribution in [-0.4, -0.2) is 67.3 Å². The Kier molecular flexibility index (Phi) is 4.82. The van der Waals surface area contributed by atoms with Gasteiger partial charge in [0, 0.05) is 42.5 Å². The Labute approximate surface area is 135 Å². The van der Waals surface area contributed by atoms with Crippen LogP contribution in [0.2, 0.25) is 0 Å². The molecule has 2 aliphatic heterocycles. The van der Waals surface area contributed by atoms with Gasteiger partial charge in [-0.3, -0.25) is 9.69 Å². The Hall–Kier alpha value is -0.950. The monoisotopic (exact) mass is 324 g/mol. The largest absolute Gasteiger partial charge is 0.378 e. The Bertz CT molecular complexity index is 527. The molecular weight excluding hydrogens is 300 g/mol. The van der Waals surface area contributed by atoms with Gasteiger partial charge >= 0.3 is 0 Å². The average Bonchev–Trinajstić information content (AvgIpc) is 2.92. The van der Waals surface area contributed by atoms with Crippen LogP contribution in [0.15, 0.2) is 12.1 Å². The smallest absolute Gasteiger partial charge is 0.256 e. The molecular formula is C16H24N2O3S. The van der Waals surface area contributed by atoms with Crippen molar-refractivity contribution in [3.63, 3.8) is 0 Å². The lowest BCUT2D eigenvalue weighted by Gasteiger charge is -2.42. The lowest BCUT2D eigenvalue weighted by atomic mass is 10.0. The first-order chi connectivity index (χ1) is 10.6. The van der Waals surface area contributed by atoms with Crippen LogP contribution in [0.5, 0.6) is 0 Å². The van der Waals surface area contributed by atoms with Gasteiger partial charge in [0.25, 0.3) is 5.91 Å². The van der Waals surface area contributed by atoms with Gasteiger partial charge in [0.15, 0.2) is 5.60 Å². The van der Waals surface area contributed by atoms with E-state index in [4.69, 9.17) is 9.47 Å². The molecule has 1 aromatic heterocycles. The van der Waals surface area contributed by atoms with Crippen LogP contribution in [0, 0.1) is 6.92 Å². The summed E-state index contributed by atoms with van der Waals surface area (Å²) in [5, 5.41) is 0. The first kappa shape index (κ1) is 15.9. The molecule has 6 heteroatoms. The van der Waals surface area contributed by atoms with E-state index in [1.807, 2.05) is 23.2 Å². The van der Waals surface area contributed by atoms with Crippen molar-refractivity contribution in [2.75, 3.05) is 46.0 Å². The fraction of sp³-hybridized carbons (Fsp3) is 0.688. The van der Waals surface area contributed by atoms with Crippen LogP contribution in [0.3, 0.4) is 0 Å². The van der Waals surface area contributed by atoms with Gasteiger partial charge in [-0.15, -0.1) is 11.3 Å². The zero-order valence-electron chi connectivity index (χ0n) is 13.3. The highest BCUT2D eigenvalue weighted by atomic mass is 32.1. The Morgan fingerprint density at radius 1 is 1.27 bits per heavy atom. The fourth-order valence-corrected chi connectivity index (χ4v) is 4.04. The third-order valence-corrected chi connectivity index (χ3v) is 5.27. The van der Waals surface area contributed by atoms with Crippen molar-refractivity contribution in [1.29, 1.82) is 0 Å². The van der Waals surface area contributed by atoms with Gasteiger partial charge in [-0.1, -0.05) is 0 Å². The lowest BCUT2D eigenvalue weighted by molar-refractivity contribution is -0.171. The van der Waals surface area contributed by atoms with Crippen molar-refractivity contribution in [2.45, 2.75) is 26.0 Å². The number of amides is 1. The molecule has 0 N–H and O–H groups in total. The van der Waals surface area contributed by atoms with Crippen LogP contribution < -0.4 is 0 Å². The molecule has 0 unspecified atom stereocenters. The van der Waals surface area contributed by atoms with Crippen molar-refractivity contribution in [3.8, 4) is 0 Å². The van der Waals surface area contributed by atoms with Crippen LogP contribution in [0.1, 0.15) is 16.7 Å². The third-order valence-electron chi connectivity index (χ3n) is 4.28. The molecule has 0 spiro atoms. The van der Waals surface area contributed by atoms with Crippen molar-refractivity contribution in [1.82, 2.24) is 9.80 Å². The molecule has 5 nitrogen and oxygen atoms in total. The molecule has 0 saturated carbocycles. The molecule has 2 fully saturated rings. The summed E-state index contributed by atoms with van der Waals surface area (Å²) in [6.07, 6.45) is 0. The van der Waals surface area contributed by atoms with E-state index in [9.17, 15) is 4.79 Å². The minimum absolute atomic E-state index is 0.0999. The molecule has 0 bridgehead atoms. The molecule has 0 radical (unpaired) electrons. The predicted molar refractivity (Wildman–Crippen MR) is 86.1 cm³/mol. The summed E-state index contributed by atoms with van der Waals surface area (Å²) in [7, 11) is 0. The second kappa shape index (κ2) is 6.66. The zero-order valence-corrected chi connectivity index (χ0v) is 14.2. The van der Waals surface area contributed by atoms with Crippen LogP contribution >= 0.6 is 11.3 Å². The summed E-state index contributed by atoms with van der Waals surface area (Å²) in [5.74, 6) is 0.0999. The number of thiophene rings is 1. The number of nitrogens with zero attached hydrogens (tertiary/aromatic N) is 2. The van der Waals surface area contributed by atoms with Gasteiger partial charge in [0.1, 0.15) is 0 Å². The van der Waals surface area contributed by atoms with E-state index >= 15 is 0 Å². The summed E-state index contributed by atoms with van der Waals surface area (Å²) in [6.45, 7) is 9.67. The Morgan fingerprint density at radius 3 is 2.73 bits per heavy atom. The lowest BCUT2D eigenvalue weighted by Crippen LogP contribution is -2.60. The van der Waals surface area contributed by atoms with E-state index < -0.39 is 5.60 Å². The topological polar surface area (TPSA) is 42.0 Å². The van der Waals surface area contributed by atoms with Gasteiger partial charge < -0.3 is 14.4 Å². The highest BCUT2D eigenvalue weighted by Crippen LogP contribution is 2.24. The number of morpholine rings is 2. The normalized spacial score (nSPS) is 27.1. The van der Waals surface area contributed by atoms with Gasteiger partial charge in [0.2, 0.25) is 0 Å². The van der Waals surface area contributed by atoms with Gasteiger partial charge in [-0.2, -0.15) is 0 Å². The first-order valence-corrected chi connectivity index (χ1v) is 8.67. The van der Waals surface area contributed by atoms with Crippen molar-refractivity contribution < 1.29 is 14.3 Å². The van der Waals surface area contributed by atoms with E-state index in [0.29, 0.717) is 39.5 Å². The van der Waals surface area contributed by atoms with E-state index in [0.717, 1.165) is 13.1 Å². The first-order valence-electron chi connectivity index (χ1n) is 7.86. The summed E-state index contributed by atoms with van der Waals surface area (Å²) < 4.78 is 11.2. The molecule has 1 atom stereocenters. The van der Waals surface area contributed by atoms with E-state index in [1.165, 1.54) is 9.75 Å². The molecule has 0 aliphatic carbocycles. The number of hydrogen-bond donors (Lipinski definition) is 0. The minimum atomic E-state index is -0.734. The molecule has 122 valence electrons. The zero-order chi connectivity index (χ0) is 15.6. The number of rotatable bonds is 3. The number of carbonyl (C=O) groups is 1. The van der Waals surface area contributed by atoms with Crippen molar-refractivity contribution in [3.05, 3.63) is 21.9 Å². The second-order valence-electron chi connectivity index (χ2n) is 6.21. The van der Waals surface area contributed by atoms with Crippen LogP contribution in [0.4, 0.5) is 0 Å². The van der Waals surface area contributed by atoms with Crippen molar-refractivity contribution >= 4 is 17.2 Å². The van der Waals surface area contributed by atoms with E-state index in [1.54, 1.807) is 0 Å². The molecule has 22 heavy (non-hydrogen) atoms. The highest BCUT2D eigenvalue weighted by Gasteiger charge is 2.42. The molecule has 3 heterocycles. The van der Waals surface area contributed by atoms with Crippen LogP contribution in [0.25, 0.3) is 0 Å². The van der Waals surface area contributed by atoms with E-state index in [-0.39, 0.29) is 5.91 Å². The predicted octanol–water partition coefficient (Wildman–Crippen LogP) is 1.51. The SMILES string of the molecule is Cc1ccc(CN2CCO[C@](C)(C(=O)N3CCOCC3)C2)s1. The quantitative estimate of drug-likeness (QED) is 0.845. The molecule has 1 aromatic rings. The van der Waals surface area contributed by atoms with Gasteiger partial charge in [-0.25, -0.2) is 0 Å². The van der Waals surface area contributed by atoms with E-state index in [2.05, 4.69) is 24.0 Å². The fourth-order valence-electron chi connectivity index (χ4n) is 3.11. The maximum atomic E-state index is 12.8. The van der Waals surface area contributed by atoms with Gasteiger partial charge in [-0.05, 0) is 26.0 Å². The molecule has 2 aliphatic rings. The number of hydrogen-bond acceptors (Lipinski definition) is 5. The molecule has 3 rings (SSSR count). The molecule has 2 saturated heterocycles. The van der Waals surface area contributed by atoms with Crippen LogP contribution in [-0.2, 0) is 20.8 Å². The number of ether oxygens (including phenoxy) is 2. The summed E-state index contributed by atoms with van der Waals surface area (Å²) in [4.78, 5) is 19.7. The molecule has 1 amide bonds. The number of aryl methyl sites for hydroxylation is 1. The highest BCUT2D eigenvalue weighted by molar-refractivity contribution is 7.11.